The number of nitrogens with zero attached hydrogens (tertiary/aromatic N) is 4. The molecule has 1 saturated heterocycles. The first-order valence-corrected chi connectivity index (χ1v) is 7.04. The Morgan fingerprint density at radius 1 is 1.42 bits per heavy atom. The van der Waals surface area contributed by atoms with E-state index in [2.05, 4.69) is 36.8 Å². The van der Waals surface area contributed by atoms with E-state index in [4.69, 9.17) is 5.73 Å². The quantitative estimate of drug-likeness (QED) is 0.905. The van der Waals surface area contributed by atoms with Crippen LogP contribution in [0.15, 0.2) is 0 Å². The molecule has 2 N–H and O–H groups in total. The van der Waals surface area contributed by atoms with Gasteiger partial charge >= 0.3 is 0 Å². The summed E-state index contributed by atoms with van der Waals surface area (Å²) in [4.78, 5) is 2.20. The lowest BCUT2D eigenvalue weighted by atomic mass is 9.99. The Hall–Kier alpha value is -1.70. The van der Waals surface area contributed by atoms with Crippen molar-refractivity contribution in [2.45, 2.75) is 40.2 Å². The molecule has 0 unspecified atom stereocenters. The highest BCUT2D eigenvalue weighted by Gasteiger charge is 2.24. The normalized spacial score (nSPS) is 16.9. The van der Waals surface area contributed by atoms with Gasteiger partial charge in [0.1, 0.15) is 17.5 Å². The minimum atomic E-state index is 0.461. The van der Waals surface area contributed by atoms with Crippen molar-refractivity contribution in [1.29, 1.82) is 5.26 Å². The maximum atomic E-state index is 9.32. The number of nitrogens with two attached hydrogens (primary N) is 1. The number of nitriles is 1. The summed E-state index contributed by atoms with van der Waals surface area (Å²) >= 11 is 0. The average molecular weight is 261 g/mol. The molecule has 1 fully saturated rings. The zero-order valence-corrected chi connectivity index (χ0v) is 12.1. The van der Waals surface area contributed by atoms with E-state index in [-0.39, 0.29) is 0 Å². The Bertz CT molecular complexity index is 475. The molecular formula is C14H23N5. The Morgan fingerprint density at radius 2 is 2.05 bits per heavy atom. The lowest BCUT2D eigenvalue weighted by molar-refractivity contribution is 0.433. The topological polar surface area (TPSA) is 70.9 Å². The fraction of sp³-hybridized carbons (Fsp3) is 0.714. The molecule has 1 aromatic rings. The van der Waals surface area contributed by atoms with Crippen LogP contribution in [0.1, 0.15) is 39.2 Å². The molecule has 0 bridgehead atoms. The second-order valence-electron chi connectivity index (χ2n) is 5.94. The summed E-state index contributed by atoms with van der Waals surface area (Å²) in [6, 6.07) is 2.22. The van der Waals surface area contributed by atoms with Gasteiger partial charge in [-0.3, -0.25) is 0 Å². The first-order chi connectivity index (χ1) is 9.02. The van der Waals surface area contributed by atoms with Crippen LogP contribution in [0.3, 0.4) is 0 Å². The standard InChI is InChI=1S/C14H23N5/c1-10(2)9-19-13(16)12(8-15)14(17-19)18-6-4-11(3)5-7-18/h10-11H,4-7,9,16H2,1-3H3. The molecule has 0 aliphatic carbocycles. The van der Waals surface area contributed by atoms with Crippen LogP contribution in [0, 0.1) is 23.2 Å². The molecule has 5 heteroatoms. The van der Waals surface area contributed by atoms with Crippen LogP contribution < -0.4 is 10.6 Å². The largest absolute Gasteiger partial charge is 0.383 e. The summed E-state index contributed by atoms with van der Waals surface area (Å²) in [5.74, 6) is 2.50. The number of rotatable bonds is 3. The van der Waals surface area contributed by atoms with E-state index in [1.54, 1.807) is 4.68 Å². The molecule has 2 heterocycles. The fourth-order valence-corrected chi connectivity index (χ4v) is 2.50. The van der Waals surface area contributed by atoms with Crippen LogP contribution in [0.25, 0.3) is 0 Å². The lowest BCUT2D eigenvalue weighted by Crippen LogP contribution is -2.33. The van der Waals surface area contributed by atoms with Crippen LogP contribution in [0.4, 0.5) is 11.6 Å². The summed E-state index contributed by atoms with van der Waals surface area (Å²) in [7, 11) is 0. The average Bonchev–Trinajstić information content (AvgIpc) is 2.66. The first kappa shape index (κ1) is 13.7. The fourth-order valence-electron chi connectivity index (χ4n) is 2.50. The van der Waals surface area contributed by atoms with Crippen molar-refractivity contribution in [1.82, 2.24) is 9.78 Å². The van der Waals surface area contributed by atoms with Gasteiger partial charge in [0.25, 0.3) is 0 Å². The molecule has 5 nitrogen and oxygen atoms in total. The SMILES string of the molecule is CC(C)Cn1nc(N2CCC(C)CC2)c(C#N)c1N. The smallest absolute Gasteiger partial charge is 0.170 e. The third-order valence-corrected chi connectivity index (χ3v) is 3.71. The lowest BCUT2D eigenvalue weighted by Gasteiger charge is -2.30. The molecule has 2 rings (SSSR count). The van der Waals surface area contributed by atoms with Gasteiger partial charge in [-0.05, 0) is 24.7 Å². The van der Waals surface area contributed by atoms with E-state index in [0.717, 1.165) is 44.2 Å². The number of piperidine rings is 1. The highest BCUT2D eigenvalue weighted by atomic mass is 15.4. The molecule has 0 amide bonds. The van der Waals surface area contributed by atoms with Gasteiger partial charge in [-0.15, -0.1) is 0 Å². The molecule has 19 heavy (non-hydrogen) atoms. The van der Waals surface area contributed by atoms with E-state index in [1.165, 1.54) is 0 Å². The van der Waals surface area contributed by atoms with Crippen LogP contribution >= 0.6 is 0 Å². The van der Waals surface area contributed by atoms with Gasteiger partial charge in [-0.25, -0.2) is 4.68 Å². The molecule has 0 radical (unpaired) electrons. The van der Waals surface area contributed by atoms with E-state index < -0.39 is 0 Å². The number of hydrogen-bond donors (Lipinski definition) is 1. The highest BCUT2D eigenvalue weighted by molar-refractivity contribution is 5.65. The predicted molar refractivity (Wildman–Crippen MR) is 76.8 cm³/mol. The minimum absolute atomic E-state index is 0.461. The van der Waals surface area contributed by atoms with Gasteiger partial charge in [0, 0.05) is 19.6 Å². The Kier molecular flexibility index (Phi) is 3.98. The van der Waals surface area contributed by atoms with Crippen molar-refractivity contribution in [3.63, 3.8) is 0 Å². The van der Waals surface area contributed by atoms with Crippen molar-refractivity contribution in [2.24, 2.45) is 11.8 Å². The van der Waals surface area contributed by atoms with Crippen molar-refractivity contribution in [3.05, 3.63) is 5.56 Å². The van der Waals surface area contributed by atoms with Crippen molar-refractivity contribution in [2.75, 3.05) is 23.7 Å². The number of nitrogen functional groups attached to an aromatic ring is 1. The van der Waals surface area contributed by atoms with Crippen LogP contribution in [0.2, 0.25) is 0 Å². The monoisotopic (exact) mass is 261 g/mol. The second kappa shape index (κ2) is 5.52. The third kappa shape index (κ3) is 2.83. The van der Waals surface area contributed by atoms with Crippen molar-refractivity contribution < 1.29 is 0 Å². The Morgan fingerprint density at radius 3 is 2.58 bits per heavy atom. The summed E-state index contributed by atoms with van der Waals surface area (Å²) in [6.07, 6.45) is 2.31. The maximum absolute atomic E-state index is 9.32. The number of anilines is 2. The zero-order valence-electron chi connectivity index (χ0n) is 12.1. The first-order valence-electron chi connectivity index (χ1n) is 7.04. The summed E-state index contributed by atoms with van der Waals surface area (Å²) in [6.45, 7) is 9.20. The summed E-state index contributed by atoms with van der Waals surface area (Å²) in [5, 5.41) is 13.9. The predicted octanol–water partition coefficient (Wildman–Crippen LogP) is 2.23. The molecule has 0 spiro atoms. The van der Waals surface area contributed by atoms with E-state index >= 15 is 0 Å². The molecule has 1 aliphatic rings. The third-order valence-electron chi connectivity index (χ3n) is 3.71. The van der Waals surface area contributed by atoms with Gasteiger partial charge in [0.2, 0.25) is 0 Å². The molecule has 0 aromatic carbocycles. The maximum Gasteiger partial charge on any atom is 0.170 e. The zero-order chi connectivity index (χ0) is 14.0. The van der Waals surface area contributed by atoms with Crippen molar-refractivity contribution in [3.8, 4) is 6.07 Å². The van der Waals surface area contributed by atoms with Crippen LogP contribution in [-0.4, -0.2) is 22.9 Å². The number of aromatic nitrogens is 2. The molecule has 0 atom stereocenters. The van der Waals surface area contributed by atoms with E-state index in [9.17, 15) is 5.26 Å². The van der Waals surface area contributed by atoms with Gasteiger partial charge in [0.05, 0.1) is 0 Å². The molecule has 1 aliphatic heterocycles. The minimum Gasteiger partial charge on any atom is -0.383 e. The van der Waals surface area contributed by atoms with E-state index in [1.807, 2.05) is 0 Å². The second-order valence-corrected chi connectivity index (χ2v) is 5.94. The van der Waals surface area contributed by atoms with Gasteiger partial charge in [-0.2, -0.15) is 10.4 Å². The van der Waals surface area contributed by atoms with Gasteiger partial charge in [0.15, 0.2) is 5.82 Å². The Labute approximate surface area is 115 Å². The summed E-state index contributed by atoms with van der Waals surface area (Å²) in [5.41, 5.74) is 6.59. The van der Waals surface area contributed by atoms with Crippen LogP contribution in [-0.2, 0) is 6.54 Å². The number of hydrogen-bond acceptors (Lipinski definition) is 4. The highest BCUT2D eigenvalue weighted by Crippen LogP contribution is 2.28. The molecule has 1 aromatic heterocycles. The summed E-state index contributed by atoms with van der Waals surface area (Å²) < 4.78 is 1.77. The van der Waals surface area contributed by atoms with Gasteiger partial charge in [-0.1, -0.05) is 20.8 Å². The van der Waals surface area contributed by atoms with E-state index in [0.29, 0.717) is 17.3 Å². The van der Waals surface area contributed by atoms with Crippen molar-refractivity contribution >= 4 is 11.6 Å². The van der Waals surface area contributed by atoms with Crippen LogP contribution in [0.5, 0.6) is 0 Å². The van der Waals surface area contributed by atoms with Gasteiger partial charge < -0.3 is 10.6 Å². The molecular weight excluding hydrogens is 238 g/mol. The molecule has 0 saturated carbocycles. The molecule has 104 valence electrons. The Balaban J connectivity index is 2.27.